The number of hydrogen-bond acceptors (Lipinski definition) is 16. The number of nitrogens with zero attached hydrogens (tertiary/aromatic N) is 4. The average molecular weight is 651 g/mol. The summed E-state index contributed by atoms with van der Waals surface area (Å²) in [5, 5.41) is 21.9. The van der Waals surface area contributed by atoms with Crippen molar-refractivity contribution in [2.75, 3.05) is 18.9 Å². The van der Waals surface area contributed by atoms with Gasteiger partial charge in [-0.15, -0.1) is 0 Å². The Hall–Kier alpha value is -3.11. The highest BCUT2D eigenvalue weighted by atomic mass is 31.2. The first-order valence-corrected chi connectivity index (χ1v) is 15.2. The molecule has 3 aliphatic heterocycles. The Balaban J connectivity index is 1.29. The molecule has 2 unspecified atom stereocenters. The molecule has 3 saturated heterocycles. The van der Waals surface area contributed by atoms with Gasteiger partial charge in [-0.25, -0.2) is 18.9 Å². The molecule has 0 bridgehead atoms. The number of anilines is 1. The number of H-pyrrole nitrogens is 2. The number of aliphatic hydroxyl groups is 2. The molecule has 43 heavy (non-hydrogen) atoms. The van der Waals surface area contributed by atoms with Crippen molar-refractivity contribution in [2.24, 2.45) is 0 Å². The highest BCUT2D eigenvalue weighted by Crippen LogP contribution is 2.53. The largest absolute Gasteiger partial charge is 0.472 e. The molecule has 3 aromatic rings. The predicted molar refractivity (Wildman–Crippen MR) is 135 cm³/mol. The molecule has 3 aliphatic rings. The standard InChI is InChI=1S/C19H23N7O15P2/c20-18-23-14-9(15(30)24-18)21-5-26(14)17-11(29)13-7(39-17)4-37-42(32,33)40-12-6(3-36-43(34,35)41-13)38-16(10(12)28)25-2-1-8(27)22-19(25)31/h1-2,5-7,10-13,16-17,28-29H,3-4H2,(H,32,33)(H,34,35)(H,22,27,31)(H3,20,23,24,30)/t6-,7+,10-,11+,12-,13+,16-,17+/m1/s1. The van der Waals surface area contributed by atoms with Gasteiger partial charge < -0.3 is 35.2 Å². The van der Waals surface area contributed by atoms with Gasteiger partial charge in [-0.3, -0.25) is 46.8 Å². The SMILES string of the molecule is Nc1nc2c(ncn2[C@H]2O[C@H]3COP(=O)(O)O[C@H]4[C@@H](O)[C@H](n5ccc(=O)[nH]c5=O)O[C@@H]4COP(=O)(O)O[C@@H]3[C@@H]2O)c(=O)[nH]1. The molecule has 0 aliphatic carbocycles. The quantitative estimate of drug-likeness (QED) is 0.134. The maximum absolute atomic E-state index is 12.9. The molecule has 0 spiro atoms. The minimum atomic E-state index is -5.10. The van der Waals surface area contributed by atoms with Crippen molar-refractivity contribution >= 4 is 32.8 Å². The zero-order valence-corrected chi connectivity index (χ0v) is 23.1. The number of imidazole rings is 1. The van der Waals surface area contributed by atoms with E-state index in [1.807, 2.05) is 4.98 Å². The summed E-state index contributed by atoms with van der Waals surface area (Å²) in [5.41, 5.74) is 2.85. The maximum atomic E-state index is 12.9. The number of phosphoric acid groups is 2. The van der Waals surface area contributed by atoms with E-state index in [0.717, 1.165) is 27.7 Å². The number of rotatable bonds is 2. The van der Waals surface area contributed by atoms with Gasteiger partial charge in [0.1, 0.15) is 36.6 Å². The molecule has 234 valence electrons. The summed E-state index contributed by atoms with van der Waals surface area (Å²) in [7, 11) is -10.2. The molecule has 10 atom stereocenters. The summed E-state index contributed by atoms with van der Waals surface area (Å²) in [4.78, 5) is 68.8. The second-order valence-corrected chi connectivity index (χ2v) is 12.4. The minimum absolute atomic E-state index is 0.127. The van der Waals surface area contributed by atoms with Crippen molar-refractivity contribution in [3.05, 3.63) is 49.8 Å². The zero-order valence-electron chi connectivity index (χ0n) is 21.3. The Morgan fingerprint density at radius 1 is 0.907 bits per heavy atom. The first-order valence-electron chi connectivity index (χ1n) is 12.3. The first kappa shape index (κ1) is 29.9. The van der Waals surface area contributed by atoms with Gasteiger partial charge in [0.15, 0.2) is 23.6 Å². The Morgan fingerprint density at radius 3 is 2.02 bits per heavy atom. The Labute approximate surface area is 236 Å². The molecule has 3 aromatic heterocycles. The number of phosphoric ester groups is 2. The molecular weight excluding hydrogens is 628 g/mol. The number of nitrogens with one attached hydrogen (secondary N) is 2. The predicted octanol–water partition coefficient (Wildman–Crippen LogP) is -3.21. The van der Waals surface area contributed by atoms with Gasteiger partial charge in [-0.05, 0) is 0 Å². The maximum Gasteiger partial charge on any atom is 0.472 e. The third-order valence-corrected chi connectivity index (χ3v) is 8.75. The normalized spacial score (nSPS) is 38.7. The fourth-order valence-electron chi connectivity index (χ4n) is 4.89. The zero-order chi connectivity index (χ0) is 30.8. The molecule has 8 N–H and O–H groups in total. The van der Waals surface area contributed by atoms with E-state index >= 15 is 0 Å². The van der Waals surface area contributed by atoms with E-state index in [1.54, 1.807) is 0 Å². The second-order valence-electron chi connectivity index (χ2n) is 9.57. The molecule has 6 heterocycles. The molecule has 3 fully saturated rings. The van der Waals surface area contributed by atoms with Crippen molar-refractivity contribution < 1.29 is 56.7 Å². The smallest absolute Gasteiger partial charge is 0.386 e. The van der Waals surface area contributed by atoms with Gasteiger partial charge in [0.25, 0.3) is 11.1 Å². The Bertz CT molecular complexity index is 1820. The van der Waals surface area contributed by atoms with Crippen molar-refractivity contribution in [3.63, 3.8) is 0 Å². The number of hydrogen-bond donors (Lipinski definition) is 7. The van der Waals surface area contributed by atoms with Crippen LogP contribution in [0.2, 0.25) is 0 Å². The van der Waals surface area contributed by atoms with Crippen LogP contribution >= 0.6 is 15.6 Å². The van der Waals surface area contributed by atoms with Crippen LogP contribution in [-0.2, 0) is 36.7 Å². The molecule has 22 nitrogen and oxygen atoms in total. The summed E-state index contributed by atoms with van der Waals surface area (Å²) in [6, 6.07) is 0.947. The van der Waals surface area contributed by atoms with Crippen LogP contribution in [0.3, 0.4) is 0 Å². The Morgan fingerprint density at radius 2 is 1.47 bits per heavy atom. The van der Waals surface area contributed by atoms with Gasteiger partial charge in [0.05, 0.1) is 19.5 Å². The number of nitrogens with two attached hydrogens (primary N) is 1. The van der Waals surface area contributed by atoms with Crippen LogP contribution in [0.5, 0.6) is 0 Å². The summed E-state index contributed by atoms with van der Waals surface area (Å²) in [6.07, 6.45) is -11.3. The van der Waals surface area contributed by atoms with Crippen LogP contribution in [0.25, 0.3) is 11.2 Å². The lowest BCUT2D eigenvalue weighted by atomic mass is 10.1. The van der Waals surface area contributed by atoms with Crippen LogP contribution in [-0.4, -0.2) is 98.9 Å². The van der Waals surface area contributed by atoms with Crippen LogP contribution in [0, 0.1) is 0 Å². The van der Waals surface area contributed by atoms with Crippen molar-refractivity contribution in [2.45, 2.75) is 49.1 Å². The van der Waals surface area contributed by atoms with Gasteiger partial charge in [0.2, 0.25) is 5.95 Å². The number of aromatic nitrogens is 6. The van der Waals surface area contributed by atoms with E-state index in [9.17, 15) is 43.5 Å². The molecule has 24 heteroatoms. The summed E-state index contributed by atoms with van der Waals surface area (Å²) in [5.74, 6) is -0.285. The highest BCUT2D eigenvalue weighted by molar-refractivity contribution is 7.47. The third-order valence-electron chi connectivity index (χ3n) is 6.78. The van der Waals surface area contributed by atoms with E-state index in [0.29, 0.717) is 0 Å². The van der Waals surface area contributed by atoms with Gasteiger partial charge in [-0.1, -0.05) is 0 Å². The highest BCUT2D eigenvalue weighted by Gasteiger charge is 2.53. The summed E-state index contributed by atoms with van der Waals surface area (Å²) >= 11 is 0. The summed E-state index contributed by atoms with van der Waals surface area (Å²) in [6.45, 7) is -1.79. The molecule has 0 aromatic carbocycles. The number of aliphatic hydroxyl groups excluding tert-OH is 2. The van der Waals surface area contributed by atoms with E-state index < -0.39 is 94.7 Å². The Kier molecular flexibility index (Phi) is 7.52. The van der Waals surface area contributed by atoms with Crippen LogP contribution < -0.4 is 22.5 Å². The third kappa shape index (κ3) is 5.64. The fraction of sp³-hybridized carbons (Fsp3) is 0.526. The van der Waals surface area contributed by atoms with Crippen molar-refractivity contribution in [1.29, 1.82) is 0 Å². The monoisotopic (exact) mass is 651 g/mol. The van der Waals surface area contributed by atoms with Crippen LogP contribution in [0.1, 0.15) is 12.5 Å². The number of nitrogen functional groups attached to an aromatic ring is 1. The molecule has 6 rings (SSSR count). The lowest BCUT2D eigenvalue weighted by Gasteiger charge is -2.27. The molecule has 0 radical (unpaired) electrons. The topological polar surface area (TPSA) is 315 Å². The van der Waals surface area contributed by atoms with E-state index in [-0.39, 0.29) is 17.1 Å². The number of ether oxygens (including phenoxy) is 2. The summed E-state index contributed by atoms with van der Waals surface area (Å²) < 4.78 is 59.3. The lowest BCUT2D eigenvalue weighted by Crippen LogP contribution is -2.40. The molecule has 0 amide bonds. The first-order chi connectivity index (χ1) is 20.2. The van der Waals surface area contributed by atoms with Gasteiger partial charge >= 0.3 is 21.3 Å². The van der Waals surface area contributed by atoms with Crippen LogP contribution in [0.4, 0.5) is 5.95 Å². The lowest BCUT2D eigenvalue weighted by molar-refractivity contribution is -0.0675. The minimum Gasteiger partial charge on any atom is -0.386 e. The van der Waals surface area contributed by atoms with E-state index in [4.69, 9.17) is 33.3 Å². The van der Waals surface area contributed by atoms with Gasteiger partial charge in [0, 0.05) is 12.3 Å². The van der Waals surface area contributed by atoms with Gasteiger partial charge in [-0.2, -0.15) is 4.98 Å². The van der Waals surface area contributed by atoms with E-state index in [2.05, 4.69) is 15.0 Å². The second kappa shape index (κ2) is 10.8. The van der Waals surface area contributed by atoms with E-state index in [1.165, 1.54) is 0 Å². The fourth-order valence-corrected chi connectivity index (χ4v) is 6.82. The average Bonchev–Trinajstić information content (AvgIpc) is 3.56. The molecule has 0 saturated carbocycles. The van der Waals surface area contributed by atoms with Crippen molar-refractivity contribution in [1.82, 2.24) is 29.1 Å². The van der Waals surface area contributed by atoms with Crippen molar-refractivity contribution in [3.8, 4) is 0 Å². The molecular formula is C19H23N7O15P2. The number of aromatic amines is 2. The van der Waals surface area contributed by atoms with Crippen LogP contribution in [0.15, 0.2) is 33.0 Å². The number of fused-ring (bicyclic) bond motifs is 3.